The lowest BCUT2D eigenvalue weighted by Crippen LogP contribution is -2.43. The minimum Gasteiger partial charge on any atom is -0.482 e. The Kier molecular flexibility index (Phi) is 4.38. The van der Waals surface area contributed by atoms with Crippen molar-refractivity contribution < 1.29 is 19.1 Å². The predicted octanol–water partition coefficient (Wildman–Crippen LogP) is 1.46. The number of hydrogen-bond acceptors (Lipinski definition) is 4. The molecule has 1 heterocycles. The van der Waals surface area contributed by atoms with E-state index in [-0.39, 0.29) is 24.6 Å². The molecule has 0 aromatic heterocycles. The van der Waals surface area contributed by atoms with Crippen molar-refractivity contribution in [1.82, 2.24) is 0 Å². The van der Waals surface area contributed by atoms with Gasteiger partial charge >= 0.3 is 0 Å². The number of primary amides is 1. The summed E-state index contributed by atoms with van der Waals surface area (Å²) in [6.07, 6.45) is 0. The van der Waals surface area contributed by atoms with E-state index in [4.69, 9.17) is 10.5 Å². The highest BCUT2D eigenvalue weighted by Crippen LogP contribution is 2.32. The molecule has 0 atom stereocenters. The number of nitrogens with one attached hydrogen (secondary N) is 1. The Labute approximate surface area is 144 Å². The predicted molar refractivity (Wildman–Crippen MR) is 92.6 cm³/mol. The fourth-order valence-electron chi connectivity index (χ4n) is 2.63. The third-order valence-corrected chi connectivity index (χ3v) is 3.83. The summed E-state index contributed by atoms with van der Waals surface area (Å²) in [5, 5.41) is 2.63. The van der Waals surface area contributed by atoms with E-state index in [2.05, 4.69) is 5.32 Å². The van der Waals surface area contributed by atoms with Crippen LogP contribution in [-0.2, 0) is 9.59 Å². The molecule has 1 aliphatic heterocycles. The standard InChI is InChI=1S/C18H17N3O4/c1-11-6-7-15-14(8-11)21(17(23)10-25-15)9-16(22)20-13-5-3-2-4-12(13)18(19)24/h2-8H,9-10H2,1H3,(H2,19,24)(H,20,22). The van der Waals surface area contributed by atoms with E-state index in [1.807, 2.05) is 13.0 Å². The second-order valence-corrected chi connectivity index (χ2v) is 5.70. The molecule has 0 spiro atoms. The summed E-state index contributed by atoms with van der Waals surface area (Å²) in [5.41, 5.74) is 7.32. The van der Waals surface area contributed by atoms with Crippen molar-refractivity contribution in [3.8, 4) is 5.75 Å². The van der Waals surface area contributed by atoms with Crippen LogP contribution >= 0.6 is 0 Å². The number of aryl methyl sites for hydroxylation is 1. The van der Waals surface area contributed by atoms with Gasteiger partial charge in [0.25, 0.3) is 11.8 Å². The van der Waals surface area contributed by atoms with E-state index in [1.165, 1.54) is 11.0 Å². The minimum atomic E-state index is -0.640. The summed E-state index contributed by atoms with van der Waals surface area (Å²) in [4.78, 5) is 37.4. The van der Waals surface area contributed by atoms with E-state index in [0.717, 1.165) is 5.56 Å². The second kappa shape index (κ2) is 6.64. The number of carbonyl (C=O) groups excluding carboxylic acids is 3. The quantitative estimate of drug-likeness (QED) is 0.880. The normalized spacial score (nSPS) is 13.0. The average molecular weight is 339 g/mol. The monoisotopic (exact) mass is 339 g/mol. The van der Waals surface area contributed by atoms with E-state index < -0.39 is 11.8 Å². The number of anilines is 2. The molecule has 0 radical (unpaired) electrons. The van der Waals surface area contributed by atoms with Gasteiger partial charge in [-0.25, -0.2) is 0 Å². The topological polar surface area (TPSA) is 102 Å². The van der Waals surface area contributed by atoms with E-state index in [0.29, 0.717) is 17.1 Å². The lowest BCUT2D eigenvalue weighted by molar-refractivity contribution is -0.123. The summed E-state index contributed by atoms with van der Waals surface area (Å²) in [6, 6.07) is 11.9. The van der Waals surface area contributed by atoms with Gasteiger partial charge in [-0.05, 0) is 36.8 Å². The van der Waals surface area contributed by atoms with Crippen molar-refractivity contribution in [3.63, 3.8) is 0 Å². The van der Waals surface area contributed by atoms with Gasteiger partial charge in [-0.3, -0.25) is 19.3 Å². The Morgan fingerprint density at radius 2 is 2.00 bits per heavy atom. The van der Waals surface area contributed by atoms with Crippen LogP contribution < -0.4 is 20.7 Å². The minimum absolute atomic E-state index is 0.124. The van der Waals surface area contributed by atoms with Crippen LogP contribution in [0.5, 0.6) is 5.75 Å². The van der Waals surface area contributed by atoms with Gasteiger partial charge in [-0.1, -0.05) is 18.2 Å². The molecule has 7 nitrogen and oxygen atoms in total. The summed E-state index contributed by atoms with van der Waals surface area (Å²) in [5.74, 6) is -0.831. The number of benzene rings is 2. The molecular formula is C18H17N3O4. The molecule has 1 aliphatic rings. The van der Waals surface area contributed by atoms with Crippen LogP contribution in [0.15, 0.2) is 42.5 Å². The summed E-state index contributed by atoms with van der Waals surface area (Å²) < 4.78 is 5.39. The van der Waals surface area contributed by atoms with Gasteiger partial charge in [0, 0.05) is 0 Å². The number of nitrogens with two attached hydrogens (primary N) is 1. The lowest BCUT2D eigenvalue weighted by atomic mass is 10.1. The van der Waals surface area contributed by atoms with Crippen molar-refractivity contribution in [1.29, 1.82) is 0 Å². The lowest BCUT2D eigenvalue weighted by Gasteiger charge is -2.29. The molecule has 0 saturated heterocycles. The first kappa shape index (κ1) is 16.5. The van der Waals surface area contributed by atoms with Gasteiger partial charge < -0.3 is 15.8 Å². The smallest absolute Gasteiger partial charge is 0.265 e. The summed E-state index contributed by atoms with van der Waals surface area (Å²) in [7, 11) is 0. The van der Waals surface area contributed by atoms with E-state index in [9.17, 15) is 14.4 Å². The van der Waals surface area contributed by atoms with Crippen LogP contribution in [0.1, 0.15) is 15.9 Å². The largest absolute Gasteiger partial charge is 0.482 e. The number of para-hydroxylation sites is 1. The highest BCUT2D eigenvalue weighted by atomic mass is 16.5. The van der Waals surface area contributed by atoms with Gasteiger partial charge in [0.15, 0.2) is 6.61 Å². The summed E-state index contributed by atoms with van der Waals surface area (Å²) >= 11 is 0. The molecule has 2 aromatic rings. The Morgan fingerprint density at radius 3 is 2.76 bits per heavy atom. The molecule has 0 unspecified atom stereocenters. The molecular weight excluding hydrogens is 322 g/mol. The maximum absolute atomic E-state index is 12.4. The molecule has 2 aromatic carbocycles. The Hall–Kier alpha value is -3.35. The number of carbonyl (C=O) groups is 3. The first-order valence-electron chi connectivity index (χ1n) is 7.68. The molecule has 128 valence electrons. The molecule has 3 amide bonds. The van der Waals surface area contributed by atoms with Crippen LogP contribution in [0.3, 0.4) is 0 Å². The van der Waals surface area contributed by atoms with Gasteiger partial charge in [0.1, 0.15) is 12.3 Å². The van der Waals surface area contributed by atoms with Crippen LogP contribution in [-0.4, -0.2) is 30.9 Å². The van der Waals surface area contributed by atoms with Crippen molar-refractivity contribution in [2.24, 2.45) is 5.73 Å². The Balaban J connectivity index is 1.81. The Morgan fingerprint density at radius 1 is 1.24 bits per heavy atom. The maximum atomic E-state index is 12.4. The molecule has 3 rings (SSSR count). The molecule has 0 aliphatic carbocycles. The van der Waals surface area contributed by atoms with Gasteiger partial charge in [-0.15, -0.1) is 0 Å². The summed E-state index contributed by atoms with van der Waals surface area (Å²) in [6.45, 7) is 1.58. The highest BCUT2D eigenvalue weighted by molar-refractivity contribution is 6.07. The zero-order chi connectivity index (χ0) is 18.0. The van der Waals surface area contributed by atoms with Crippen molar-refractivity contribution in [2.75, 3.05) is 23.4 Å². The van der Waals surface area contributed by atoms with Crippen molar-refractivity contribution >= 4 is 29.1 Å². The number of nitrogens with zero attached hydrogens (tertiary/aromatic N) is 1. The number of amides is 3. The third kappa shape index (κ3) is 3.45. The van der Waals surface area contributed by atoms with E-state index in [1.54, 1.807) is 30.3 Å². The zero-order valence-corrected chi connectivity index (χ0v) is 13.6. The fourth-order valence-corrected chi connectivity index (χ4v) is 2.63. The highest BCUT2D eigenvalue weighted by Gasteiger charge is 2.27. The fraction of sp³-hybridized carbons (Fsp3) is 0.167. The van der Waals surface area contributed by atoms with Crippen LogP contribution in [0.2, 0.25) is 0 Å². The van der Waals surface area contributed by atoms with Gasteiger partial charge in [-0.2, -0.15) is 0 Å². The molecule has 0 bridgehead atoms. The number of fused-ring (bicyclic) bond motifs is 1. The van der Waals surface area contributed by atoms with Gasteiger partial charge in [0.05, 0.1) is 16.9 Å². The first-order valence-corrected chi connectivity index (χ1v) is 7.68. The molecule has 3 N–H and O–H groups in total. The van der Waals surface area contributed by atoms with Crippen LogP contribution in [0.25, 0.3) is 0 Å². The molecule has 0 fully saturated rings. The molecule has 0 saturated carbocycles. The van der Waals surface area contributed by atoms with Crippen molar-refractivity contribution in [2.45, 2.75) is 6.92 Å². The van der Waals surface area contributed by atoms with Gasteiger partial charge in [0.2, 0.25) is 5.91 Å². The molecule has 25 heavy (non-hydrogen) atoms. The average Bonchev–Trinajstić information content (AvgIpc) is 2.58. The first-order chi connectivity index (χ1) is 12.0. The number of ether oxygens (including phenoxy) is 1. The zero-order valence-electron chi connectivity index (χ0n) is 13.6. The second-order valence-electron chi connectivity index (χ2n) is 5.70. The number of rotatable bonds is 4. The maximum Gasteiger partial charge on any atom is 0.265 e. The SMILES string of the molecule is Cc1ccc2c(c1)N(CC(=O)Nc1ccccc1C(N)=O)C(=O)CO2. The van der Waals surface area contributed by atoms with E-state index >= 15 is 0 Å². The Bertz CT molecular complexity index is 863. The van der Waals surface area contributed by atoms with Crippen LogP contribution in [0, 0.1) is 6.92 Å². The van der Waals surface area contributed by atoms with Crippen LogP contribution in [0.4, 0.5) is 11.4 Å². The number of hydrogen-bond donors (Lipinski definition) is 2. The third-order valence-electron chi connectivity index (χ3n) is 3.83. The molecule has 7 heteroatoms. The van der Waals surface area contributed by atoms with Crippen molar-refractivity contribution in [3.05, 3.63) is 53.6 Å².